The molecule has 1 fully saturated rings. The average Bonchev–Trinajstić information content (AvgIpc) is 2.58. The summed E-state index contributed by atoms with van der Waals surface area (Å²) in [6.45, 7) is 4.95. The van der Waals surface area contributed by atoms with Gasteiger partial charge in [0.05, 0.1) is 11.6 Å². The van der Waals surface area contributed by atoms with Gasteiger partial charge in [-0.25, -0.2) is 0 Å². The molecule has 0 bridgehead atoms. The van der Waals surface area contributed by atoms with Crippen LogP contribution in [0.15, 0.2) is 6.07 Å². The summed E-state index contributed by atoms with van der Waals surface area (Å²) in [5.74, 6) is 1.69. The highest BCUT2D eigenvalue weighted by atomic mass is 16.5. The minimum Gasteiger partial charge on any atom is -0.376 e. The van der Waals surface area contributed by atoms with E-state index in [1.165, 1.54) is 0 Å². The zero-order valence-electron chi connectivity index (χ0n) is 10.4. The molecule has 1 aromatic heterocycles. The molecule has 6 heteroatoms. The summed E-state index contributed by atoms with van der Waals surface area (Å²) in [6, 6.07) is 1.84. The van der Waals surface area contributed by atoms with E-state index in [0.717, 1.165) is 18.8 Å². The van der Waals surface area contributed by atoms with Crippen LogP contribution in [0.1, 0.15) is 20.3 Å². The first-order valence-electron chi connectivity index (χ1n) is 5.75. The summed E-state index contributed by atoms with van der Waals surface area (Å²) in [5.41, 5.74) is 5.55. The predicted molar refractivity (Wildman–Crippen MR) is 68.0 cm³/mol. The van der Waals surface area contributed by atoms with Gasteiger partial charge in [0.1, 0.15) is 11.6 Å². The third-order valence-electron chi connectivity index (χ3n) is 3.30. The molecule has 4 N–H and O–H groups in total. The van der Waals surface area contributed by atoms with E-state index in [9.17, 15) is 0 Å². The van der Waals surface area contributed by atoms with Crippen molar-refractivity contribution in [1.29, 1.82) is 0 Å². The number of nitrogen functional groups attached to an aromatic ring is 1. The number of hydrogen-bond acceptors (Lipinski definition) is 6. The van der Waals surface area contributed by atoms with E-state index >= 15 is 0 Å². The maximum atomic E-state index is 5.65. The highest BCUT2D eigenvalue weighted by molar-refractivity contribution is 5.52. The van der Waals surface area contributed by atoms with E-state index in [2.05, 4.69) is 34.4 Å². The van der Waals surface area contributed by atoms with E-state index in [4.69, 9.17) is 10.5 Å². The lowest BCUT2D eigenvalue weighted by atomic mass is 9.95. The summed E-state index contributed by atoms with van der Waals surface area (Å²) < 4.78 is 5.57. The number of ether oxygens (including phenoxy) is 1. The van der Waals surface area contributed by atoms with Crippen LogP contribution in [0.2, 0.25) is 0 Å². The molecule has 6 nitrogen and oxygen atoms in total. The van der Waals surface area contributed by atoms with Crippen LogP contribution in [0.25, 0.3) is 0 Å². The van der Waals surface area contributed by atoms with Crippen molar-refractivity contribution in [3.05, 3.63) is 6.07 Å². The quantitative estimate of drug-likeness (QED) is 0.729. The van der Waals surface area contributed by atoms with Crippen molar-refractivity contribution in [3.63, 3.8) is 0 Å². The van der Waals surface area contributed by atoms with Crippen LogP contribution in [0, 0.1) is 0 Å². The van der Waals surface area contributed by atoms with Gasteiger partial charge in [0.25, 0.3) is 0 Å². The smallest absolute Gasteiger partial charge is 0.223 e. The van der Waals surface area contributed by atoms with Crippen molar-refractivity contribution in [2.75, 3.05) is 30.0 Å². The van der Waals surface area contributed by atoms with Crippen molar-refractivity contribution >= 4 is 17.6 Å². The maximum absolute atomic E-state index is 5.65. The SMILES string of the molecule is CNc1cc(NC2(C)CCOC2C)nc(N)n1. The maximum Gasteiger partial charge on any atom is 0.223 e. The number of nitrogens with one attached hydrogen (secondary N) is 2. The molecule has 1 aliphatic rings. The Bertz CT molecular complexity index is 411. The summed E-state index contributed by atoms with van der Waals surface area (Å²) in [4.78, 5) is 8.24. The van der Waals surface area contributed by atoms with Crippen LogP contribution in [0.5, 0.6) is 0 Å². The molecule has 0 amide bonds. The van der Waals surface area contributed by atoms with Gasteiger partial charge in [0.15, 0.2) is 0 Å². The molecule has 2 atom stereocenters. The zero-order chi connectivity index (χ0) is 12.5. The van der Waals surface area contributed by atoms with Crippen LogP contribution < -0.4 is 16.4 Å². The Hall–Kier alpha value is -1.56. The van der Waals surface area contributed by atoms with Crippen LogP contribution in [-0.4, -0.2) is 35.3 Å². The standard InChI is InChI=1S/C11H19N5O/c1-7-11(2,4-5-17-7)16-9-6-8(13-3)14-10(12)15-9/h6-7H,4-5H2,1-3H3,(H4,12,13,14,15,16). The van der Waals surface area contributed by atoms with Crippen LogP contribution >= 0.6 is 0 Å². The monoisotopic (exact) mass is 237 g/mol. The number of anilines is 3. The van der Waals surface area contributed by atoms with Gasteiger partial charge in [-0.3, -0.25) is 0 Å². The Morgan fingerprint density at radius 3 is 2.76 bits per heavy atom. The summed E-state index contributed by atoms with van der Waals surface area (Å²) >= 11 is 0. The Labute approximate surface area is 101 Å². The minimum atomic E-state index is -0.105. The molecule has 0 saturated carbocycles. The van der Waals surface area contributed by atoms with Gasteiger partial charge in [-0.2, -0.15) is 9.97 Å². The second-order valence-electron chi connectivity index (χ2n) is 4.55. The van der Waals surface area contributed by atoms with Gasteiger partial charge in [-0.15, -0.1) is 0 Å². The molecule has 1 aromatic rings. The zero-order valence-corrected chi connectivity index (χ0v) is 10.4. The molecule has 0 aliphatic carbocycles. The summed E-state index contributed by atoms with van der Waals surface area (Å²) in [6.07, 6.45) is 1.10. The van der Waals surface area contributed by atoms with Gasteiger partial charge >= 0.3 is 0 Å². The van der Waals surface area contributed by atoms with Crippen LogP contribution in [-0.2, 0) is 4.74 Å². The van der Waals surface area contributed by atoms with Crippen molar-refractivity contribution in [1.82, 2.24) is 9.97 Å². The van der Waals surface area contributed by atoms with Gasteiger partial charge in [0, 0.05) is 19.7 Å². The summed E-state index contributed by atoms with van der Waals surface area (Å²) in [7, 11) is 1.80. The minimum absolute atomic E-state index is 0.105. The molecule has 0 spiro atoms. The molecular formula is C11H19N5O. The van der Waals surface area contributed by atoms with Crippen molar-refractivity contribution in [2.24, 2.45) is 0 Å². The molecule has 2 rings (SSSR count). The Balaban J connectivity index is 2.20. The first-order valence-corrected chi connectivity index (χ1v) is 5.75. The number of nitrogens with two attached hydrogens (primary N) is 1. The van der Waals surface area contributed by atoms with Gasteiger partial charge in [0.2, 0.25) is 5.95 Å². The van der Waals surface area contributed by atoms with E-state index in [0.29, 0.717) is 5.82 Å². The highest BCUT2D eigenvalue weighted by Crippen LogP contribution is 2.29. The number of hydrogen-bond donors (Lipinski definition) is 3. The molecule has 1 saturated heterocycles. The van der Waals surface area contributed by atoms with Gasteiger partial charge in [-0.05, 0) is 20.3 Å². The normalized spacial score (nSPS) is 28.1. The van der Waals surface area contributed by atoms with E-state index in [1.54, 1.807) is 7.05 Å². The number of rotatable bonds is 3. The second kappa shape index (κ2) is 4.37. The first-order chi connectivity index (χ1) is 8.03. The first kappa shape index (κ1) is 11.9. The molecule has 94 valence electrons. The third kappa shape index (κ3) is 2.41. The molecule has 17 heavy (non-hydrogen) atoms. The second-order valence-corrected chi connectivity index (χ2v) is 4.55. The van der Waals surface area contributed by atoms with E-state index in [-0.39, 0.29) is 17.6 Å². The number of nitrogens with zero attached hydrogens (tertiary/aromatic N) is 2. The topological polar surface area (TPSA) is 85.1 Å². The molecule has 2 heterocycles. The van der Waals surface area contributed by atoms with E-state index < -0.39 is 0 Å². The fourth-order valence-corrected chi connectivity index (χ4v) is 1.95. The molecule has 0 radical (unpaired) electrons. The van der Waals surface area contributed by atoms with Gasteiger partial charge < -0.3 is 21.1 Å². The lowest BCUT2D eigenvalue weighted by Gasteiger charge is -2.29. The fraction of sp³-hybridized carbons (Fsp3) is 0.636. The van der Waals surface area contributed by atoms with E-state index in [1.807, 2.05) is 6.07 Å². The summed E-state index contributed by atoms with van der Waals surface area (Å²) in [5, 5.41) is 6.34. The Kier molecular flexibility index (Phi) is 3.06. The van der Waals surface area contributed by atoms with Crippen LogP contribution in [0.4, 0.5) is 17.6 Å². The highest BCUT2D eigenvalue weighted by Gasteiger charge is 2.37. The largest absolute Gasteiger partial charge is 0.376 e. The number of aromatic nitrogens is 2. The Morgan fingerprint density at radius 1 is 1.47 bits per heavy atom. The molecular weight excluding hydrogens is 218 g/mol. The van der Waals surface area contributed by atoms with Crippen molar-refractivity contribution in [3.8, 4) is 0 Å². The molecule has 1 aliphatic heterocycles. The lowest BCUT2D eigenvalue weighted by molar-refractivity contribution is 0.105. The van der Waals surface area contributed by atoms with Crippen molar-refractivity contribution < 1.29 is 4.74 Å². The van der Waals surface area contributed by atoms with Crippen LogP contribution in [0.3, 0.4) is 0 Å². The Morgan fingerprint density at radius 2 is 2.18 bits per heavy atom. The lowest BCUT2D eigenvalue weighted by Crippen LogP contribution is -2.41. The fourth-order valence-electron chi connectivity index (χ4n) is 1.95. The third-order valence-corrected chi connectivity index (χ3v) is 3.30. The predicted octanol–water partition coefficient (Wildman–Crippen LogP) is 1.08. The van der Waals surface area contributed by atoms with Crippen molar-refractivity contribution in [2.45, 2.75) is 31.9 Å². The van der Waals surface area contributed by atoms with Gasteiger partial charge in [-0.1, -0.05) is 0 Å². The average molecular weight is 237 g/mol. The molecule has 2 unspecified atom stereocenters. The molecule has 0 aromatic carbocycles.